The minimum absolute atomic E-state index is 0.108. The van der Waals surface area contributed by atoms with Crippen molar-refractivity contribution in [3.8, 4) is 17.2 Å². The Labute approximate surface area is 169 Å². The molecule has 3 N–H and O–H groups in total. The molecule has 0 aliphatic carbocycles. The summed E-state index contributed by atoms with van der Waals surface area (Å²) in [5, 5.41) is 9.64. The smallest absolute Gasteiger partial charge is 0.231 e. The highest BCUT2D eigenvalue weighted by Gasteiger charge is 2.13. The molecule has 0 radical (unpaired) electrons. The Morgan fingerprint density at radius 1 is 1.14 bits per heavy atom. The maximum atomic E-state index is 11.1. The van der Waals surface area contributed by atoms with Gasteiger partial charge >= 0.3 is 0 Å². The standard InChI is InChI=1S/C20H23N3O4S/c1-14(24)23-16-4-2-5-17(11-16)25-9-3-8-21-20(28)22-12-15-6-7-18-19(10-15)27-13-26-18/h2,4-7,10-11H,3,8-9,12-13H2,1H3,(H,23,24)(H2,21,22,28). The van der Waals surface area contributed by atoms with Crippen LogP contribution in [0.2, 0.25) is 0 Å². The summed E-state index contributed by atoms with van der Waals surface area (Å²) in [5.41, 5.74) is 1.79. The van der Waals surface area contributed by atoms with Gasteiger partial charge in [0.25, 0.3) is 0 Å². The van der Waals surface area contributed by atoms with Crippen molar-refractivity contribution < 1.29 is 19.0 Å². The van der Waals surface area contributed by atoms with Gasteiger partial charge in [-0.2, -0.15) is 0 Å². The molecule has 28 heavy (non-hydrogen) atoms. The molecule has 0 atom stereocenters. The fourth-order valence-corrected chi connectivity index (χ4v) is 2.80. The summed E-state index contributed by atoms with van der Waals surface area (Å²) in [6.45, 7) is 3.59. The van der Waals surface area contributed by atoms with Gasteiger partial charge in [-0.3, -0.25) is 4.79 Å². The van der Waals surface area contributed by atoms with E-state index in [1.807, 2.05) is 36.4 Å². The third kappa shape index (κ3) is 6.02. The van der Waals surface area contributed by atoms with Crippen molar-refractivity contribution in [2.45, 2.75) is 19.9 Å². The van der Waals surface area contributed by atoms with Crippen LogP contribution in [0.15, 0.2) is 42.5 Å². The van der Waals surface area contributed by atoms with Crippen molar-refractivity contribution in [3.05, 3.63) is 48.0 Å². The molecule has 2 aromatic carbocycles. The zero-order valence-corrected chi connectivity index (χ0v) is 16.4. The quantitative estimate of drug-likeness (QED) is 0.464. The average Bonchev–Trinajstić information content (AvgIpc) is 3.14. The number of thiocarbonyl (C=S) groups is 1. The van der Waals surface area contributed by atoms with Crippen molar-refractivity contribution in [3.63, 3.8) is 0 Å². The van der Waals surface area contributed by atoms with E-state index < -0.39 is 0 Å². The van der Waals surface area contributed by atoms with Gasteiger partial charge in [-0.25, -0.2) is 0 Å². The Hall–Kier alpha value is -3.00. The monoisotopic (exact) mass is 401 g/mol. The van der Waals surface area contributed by atoms with Gasteiger partial charge in [-0.15, -0.1) is 0 Å². The summed E-state index contributed by atoms with van der Waals surface area (Å²) in [4.78, 5) is 11.1. The van der Waals surface area contributed by atoms with Crippen LogP contribution < -0.4 is 30.2 Å². The summed E-state index contributed by atoms with van der Waals surface area (Å²) in [6, 6.07) is 13.1. The van der Waals surface area contributed by atoms with Gasteiger partial charge in [0.05, 0.1) is 6.61 Å². The summed E-state index contributed by atoms with van der Waals surface area (Å²) in [7, 11) is 0. The third-order valence-corrected chi connectivity index (χ3v) is 4.21. The molecule has 0 spiro atoms. The second-order valence-corrected chi connectivity index (χ2v) is 6.62. The average molecular weight is 401 g/mol. The van der Waals surface area contributed by atoms with Gasteiger partial charge in [-0.1, -0.05) is 12.1 Å². The van der Waals surface area contributed by atoms with Crippen LogP contribution in [0.1, 0.15) is 18.9 Å². The Bertz CT molecular complexity index is 844. The van der Waals surface area contributed by atoms with E-state index in [2.05, 4.69) is 16.0 Å². The largest absolute Gasteiger partial charge is 0.493 e. The van der Waals surface area contributed by atoms with E-state index in [0.717, 1.165) is 34.9 Å². The number of hydrogen-bond donors (Lipinski definition) is 3. The molecule has 2 aromatic rings. The molecular formula is C20H23N3O4S. The van der Waals surface area contributed by atoms with Crippen LogP contribution in [0.25, 0.3) is 0 Å². The van der Waals surface area contributed by atoms with Gasteiger partial charge < -0.3 is 30.2 Å². The minimum atomic E-state index is -0.108. The normalized spacial score (nSPS) is 11.6. The summed E-state index contributed by atoms with van der Waals surface area (Å²) < 4.78 is 16.4. The molecule has 0 saturated heterocycles. The second-order valence-electron chi connectivity index (χ2n) is 6.21. The molecule has 8 heteroatoms. The van der Waals surface area contributed by atoms with E-state index in [-0.39, 0.29) is 12.7 Å². The number of carbonyl (C=O) groups is 1. The van der Waals surface area contributed by atoms with Gasteiger partial charge in [0.15, 0.2) is 16.6 Å². The Kier molecular flexibility index (Phi) is 6.91. The number of benzene rings is 2. The molecule has 1 amide bonds. The highest BCUT2D eigenvalue weighted by molar-refractivity contribution is 7.80. The van der Waals surface area contributed by atoms with Crippen molar-refractivity contribution in [2.24, 2.45) is 0 Å². The summed E-state index contributed by atoms with van der Waals surface area (Å²) in [5.74, 6) is 2.14. The maximum Gasteiger partial charge on any atom is 0.231 e. The molecule has 148 valence electrons. The van der Waals surface area contributed by atoms with Crippen LogP contribution in [-0.4, -0.2) is 31.0 Å². The lowest BCUT2D eigenvalue weighted by molar-refractivity contribution is -0.114. The van der Waals surface area contributed by atoms with Crippen molar-refractivity contribution >= 4 is 28.9 Å². The highest BCUT2D eigenvalue weighted by Crippen LogP contribution is 2.32. The Morgan fingerprint density at radius 3 is 2.86 bits per heavy atom. The van der Waals surface area contributed by atoms with Gasteiger partial charge in [-0.05, 0) is 48.5 Å². The zero-order valence-electron chi connectivity index (χ0n) is 15.6. The lowest BCUT2D eigenvalue weighted by Crippen LogP contribution is -2.35. The molecule has 0 bridgehead atoms. The molecule has 7 nitrogen and oxygen atoms in total. The predicted octanol–water partition coefficient (Wildman–Crippen LogP) is 2.81. The van der Waals surface area contributed by atoms with E-state index in [9.17, 15) is 4.79 Å². The molecule has 1 heterocycles. The second kappa shape index (κ2) is 9.80. The first kappa shape index (κ1) is 19.8. The Morgan fingerprint density at radius 2 is 2.00 bits per heavy atom. The van der Waals surface area contributed by atoms with Crippen LogP contribution in [0.5, 0.6) is 17.2 Å². The van der Waals surface area contributed by atoms with Gasteiger partial charge in [0.2, 0.25) is 12.7 Å². The SMILES string of the molecule is CC(=O)Nc1cccc(OCCCNC(=S)NCc2ccc3c(c2)OCO3)c1. The molecule has 0 fully saturated rings. The van der Waals surface area contributed by atoms with Crippen LogP contribution in [0.4, 0.5) is 5.69 Å². The Balaban J connectivity index is 1.31. The van der Waals surface area contributed by atoms with Crippen LogP contribution in [0.3, 0.4) is 0 Å². The van der Waals surface area contributed by atoms with Crippen LogP contribution in [0, 0.1) is 0 Å². The fourth-order valence-electron chi connectivity index (χ4n) is 2.63. The minimum Gasteiger partial charge on any atom is -0.493 e. The van der Waals surface area contributed by atoms with Crippen LogP contribution in [-0.2, 0) is 11.3 Å². The van der Waals surface area contributed by atoms with E-state index in [1.165, 1.54) is 6.92 Å². The number of nitrogens with one attached hydrogen (secondary N) is 3. The number of anilines is 1. The molecule has 1 aliphatic heterocycles. The van der Waals surface area contributed by atoms with Crippen molar-refractivity contribution in [1.82, 2.24) is 10.6 Å². The van der Waals surface area contributed by atoms with Crippen molar-refractivity contribution in [1.29, 1.82) is 0 Å². The van der Waals surface area contributed by atoms with Crippen LogP contribution >= 0.6 is 12.2 Å². The van der Waals surface area contributed by atoms with E-state index in [4.69, 9.17) is 26.4 Å². The number of hydrogen-bond acceptors (Lipinski definition) is 5. The highest BCUT2D eigenvalue weighted by atomic mass is 32.1. The fraction of sp³-hybridized carbons (Fsp3) is 0.300. The third-order valence-electron chi connectivity index (χ3n) is 3.92. The number of amides is 1. The molecule has 0 aromatic heterocycles. The number of ether oxygens (including phenoxy) is 3. The van der Waals surface area contributed by atoms with Gasteiger partial charge in [0, 0.05) is 31.8 Å². The molecular weight excluding hydrogens is 378 g/mol. The topological polar surface area (TPSA) is 80.9 Å². The summed E-state index contributed by atoms with van der Waals surface area (Å²) >= 11 is 5.29. The van der Waals surface area contributed by atoms with E-state index in [0.29, 0.717) is 24.8 Å². The molecule has 0 unspecified atom stereocenters. The number of carbonyl (C=O) groups excluding carboxylic acids is 1. The number of fused-ring (bicyclic) bond motifs is 1. The molecule has 0 saturated carbocycles. The van der Waals surface area contributed by atoms with E-state index in [1.54, 1.807) is 6.07 Å². The number of rotatable bonds is 8. The lowest BCUT2D eigenvalue weighted by Gasteiger charge is -2.12. The molecule has 1 aliphatic rings. The van der Waals surface area contributed by atoms with Crippen molar-refractivity contribution in [2.75, 3.05) is 25.3 Å². The first-order valence-electron chi connectivity index (χ1n) is 9.01. The zero-order chi connectivity index (χ0) is 19.8. The van der Waals surface area contributed by atoms with Gasteiger partial charge in [0.1, 0.15) is 5.75 Å². The maximum absolute atomic E-state index is 11.1. The lowest BCUT2D eigenvalue weighted by atomic mass is 10.2. The first-order chi connectivity index (χ1) is 13.6. The predicted molar refractivity (Wildman–Crippen MR) is 111 cm³/mol. The van der Waals surface area contributed by atoms with E-state index >= 15 is 0 Å². The first-order valence-corrected chi connectivity index (χ1v) is 9.41. The molecule has 3 rings (SSSR count). The summed E-state index contributed by atoms with van der Waals surface area (Å²) in [6.07, 6.45) is 0.788.